The Morgan fingerprint density at radius 2 is 1.79 bits per heavy atom. The summed E-state index contributed by atoms with van der Waals surface area (Å²) in [6.07, 6.45) is 5.80. The lowest BCUT2D eigenvalue weighted by Gasteiger charge is -2.31. The maximum atomic E-state index is 13.4. The number of piperidine rings is 1. The van der Waals surface area contributed by atoms with E-state index >= 15 is 0 Å². The molecule has 1 aliphatic heterocycles. The fourth-order valence-corrected chi connectivity index (χ4v) is 5.83. The Labute approximate surface area is 255 Å². The van der Waals surface area contributed by atoms with Crippen LogP contribution in [-0.4, -0.2) is 74.1 Å². The number of rotatable bonds is 8. The monoisotopic (exact) mass is 616 g/mol. The van der Waals surface area contributed by atoms with Crippen molar-refractivity contribution >= 4 is 41.2 Å². The number of ether oxygens (including phenoxy) is 1. The molecular weight excluding hydrogens is 579 g/mol. The molecule has 0 bridgehead atoms. The van der Waals surface area contributed by atoms with Crippen LogP contribution in [0, 0.1) is 11.7 Å². The summed E-state index contributed by atoms with van der Waals surface area (Å²) in [5.41, 5.74) is 2.09. The number of aliphatic carboxylic acids is 1. The van der Waals surface area contributed by atoms with Crippen LogP contribution in [-0.2, 0) is 9.59 Å². The number of pyridine rings is 1. The molecule has 5 rings (SSSR count). The summed E-state index contributed by atoms with van der Waals surface area (Å²) in [6, 6.07) is 7.17. The molecule has 1 aliphatic carbocycles. The van der Waals surface area contributed by atoms with E-state index in [-0.39, 0.29) is 54.5 Å². The molecule has 0 atom stereocenters. The number of benzene rings is 1. The fourth-order valence-electron chi connectivity index (χ4n) is 5.83. The maximum Gasteiger partial charge on any atom is 0.317 e. The van der Waals surface area contributed by atoms with Gasteiger partial charge in [0.2, 0.25) is 17.4 Å². The Kier molecular flexibility index (Phi) is 10.6. The molecule has 1 saturated carbocycles. The molecule has 2 aliphatic rings. The largest absolute Gasteiger partial charge is 0.480 e. The molecular formula is C30H38ClFN6O5. The second-order valence-corrected chi connectivity index (χ2v) is 11.4. The van der Waals surface area contributed by atoms with Gasteiger partial charge in [0.1, 0.15) is 11.9 Å². The molecule has 3 aromatic rings. The number of imidazole rings is 1. The number of H-pyrrole nitrogens is 1. The lowest BCUT2D eigenvalue weighted by molar-refractivity contribution is -0.138. The van der Waals surface area contributed by atoms with Crippen LogP contribution in [0.2, 0.25) is 0 Å². The van der Waals surface area contributed by atoms with Gasteiger partial charge < -0.3 is 24.7 Å². The summed E-state index contributed by atoms with van der Waals surface area (Å²) >= 11 is 0. The summed E-state index contributed by atoms with van der Waals surface area (Å²) in [4.78, 5) is 50.7. The van der Waals surface area contributed by atoms with E-state index in [4.69, 9.17) is 9.84 Å². The minimum atomic E-state index is -0.841. The maximum absolute atomic E-state index is 13.4. The van der Waals surface area contributed by atoms with Crippen molar-refractivity contribution in [3.8, 4) is 5.88 Å². The van der Waals surface area contributed by atoms with Crippen molar-refractivity contribution in [3.63, 3.8) is 0 Å². The number of likely N-dealkylation sites (tertiary alicyclic amines) is 1. The number of amides is 2. The minimum Gasteiger partial charge on any atom is -0.480 e. The number of carbonyl (C=O) groups is 3. The lowest BCUT2D eigenvalue weighted by Crippen LogP contribution is -2.40. The van der Waals surface area contributed by atoms with E-state index in [2.05, 4.69) is 20.3 Å². The number of carboxylic acids is 1. The molecule has 43 heavy (non-hydrogen) atoms. The number of nitrogens with one attached hydrogen (secondary N) is 2. The normalized spacial score (nSPS) is 20.1. The Bertz CT molecular complexity index is 1510. The van der Waals surface area contributed by atoms with E-state index in [0.717, 1.165) is 18.4 Å². The zero-order valence-electron chi connectivity index (χ0n) is 24.3. The second-order valence-electron chi connectivity index (χ2n) is 11.4. The van der Waals surface area contributed by atoms with Gasteiger partial charge in [-0.3, -0.25) is 19.3 Å². The van der Waals surface area contributed by atoms with Gasteiger partial charge in [0, 0.05) is 42.7 Å². The Morgan fingerprint density at radius 1 is 1.12 bits per heavy atom. The number of nitrogens with zero attached hydrogens (tertiary/aromatic N) is 4. The van der Waals surface area contributed by atoms with Gasteiger partial charge in [-0.05, 0) is 76.6 Å². The Balaban J connectivity index is 0.00000423. The standard InChI is InChI=1S/C30H37FN6O5.ClH/c1-18(2)33-28(40)20-5-9-22(10-6-20)37-25-15-26(42-23-11-13-36(14-12-23)17-27(38)39)32-16-24(25)34-30(37)35-29(41)19-3-7-21(31)8-4-19;/h3-4,7-8,15-16,18,20,22-23H,5-6,9-14,17H2,1-2H3,(H,33,40)(H,38,39)(H,34,35,41);1H. The van der Waals surface area contributed by atoms with Gasteiger partial charge in [0.05, 0.1) is 23.8 Å². The van der Waals surface area contributed by atoms with Gasteiger partial charge in [0.15, 0.2) is 0 Å². The molecule has 11 nitrogen and oxygen atoms in total. The molecule has 1 aromatic carbocycles. The van der Waals surface area contributed by atoms with E-state index in [1.807, 2.05) is 29.4 Å². The topological polar surface area (TPSA) is 142 Å². The van der Waals surface area contributed by atoms with Crippen LogP contribution in [0.3, 0.4) is 0 Å². The van der Waals surface area contributed by atoms with E-state index < -0.39 is 17.7 Å². The molecule has 0 spiro atoms. The third kappa shape index (κ3) is 7.99. The number of aromatic nitrogens is 3. The van der Waals surface area contributed by atoms with Crippen LogP contribution in [0.5, 0.6) is 5.88 Å². The number of halogens is 2. The van der Waals surface area contributed by atoms with Crippen LogP contribution in [0.15, 0.2) is 41.5 Å². The fraction of sp³-hybridized carbons (Fsp3) is 0.500. The van der Waals surface area contributed by atoms with E-state index in [1.165, 1.54) is 24.3 Å². The molecule has 2 amide bonds. The van der Waals surface area contributed by atoms with Crippen molar-refractivity contribution < 1.29 is 28.6 Å². The predicted molar refractivity (Wildman–Crippen MR) is 160 cm³/mol. The van der Waals surface area contributed by atoms with Crippen LogP contribution < -0.4 is 15.7 Å². The average Bonchev–Trinajstić information content (AvgIpc) is 3.30. The summed E-state index contributed by atoms with van der Waals surface area (Å²) in [5, 5.41) is 12.1. The number of hydrogen-bond donors (Lipinski definition) is 3. The van der Waals surface area contributed by atoms with E-state index in [1.54, 1.807) is 6.20 Å². The third-order valence-corrected chi connectivity index (χ3v) is 7.93. The number of fused-ring (bicyclic) bond motifs is 1. The van der Waals surface area contributed by atoms with Crippen molar-refractivity contribution in [3.05, 3.63) is 53.5 Å². The number of hydrogen-bond acceptors (Lipinski definition) is 6. The first-order chi connectivity index (χ1) is 20.2. The van der Waals surface area contributed by atoms with Crippen molar-refractivity contribution in [2.75, 3.05) is 19.6 Å². The van der Waals surface area contributed by atoms with Crippen molar-refractivity contribution in [1.29, 1.82) is 0 Å². The molecule has 2 aromatic heterocycles. The summed E-state index contributed by atoms with van der Waals surface area (Å²) in [5.74, 6) is -1.34. The van der Waals surface area contributed by atoms with Gasteiger partial charge in [0.25, 0.3) is 5.91 Å². The number of aromatic amines is 1. The molecule has 1 saturated heterocycles. The highest BCUT2D eigenvalue weighted by molar-refractivity contribution is 5.95. The zero-order valence-corrected chi connectivity index (χ0v) is 25.1. The smallest absolute Gasteiger partial charge is 0.317 e. The van der Waals surface area contributed by atoms with Gasteiger partial charge in [-0.15, -0.1) is 12.4 Å². The second kappa shape index (κ2) is 14.1. The van der Waals surface area contributed by atoms with Gasteiger partial charge in [-0.1, -0.05) is 0 Å². The first-order valence-electron chi connectivity index (χ1n) is 14.5. The molecule has 232 valence electrons. The molecule has 0 radical (unpaired) electrons. The highest BCUT2D eigenvalue weighted by atomic mass is 35.5. The SMILES string of the molecule is CC(C)NC(=O)C1CCC(n2/c(=N/C(=O)c3ccc(F)cc3)[nH]c3cnc(OC4CCN(CC(=O)O)CC4)cc32)CC1.Cl. The summed E-state index contributed by atoms with van der Waals surface area (Å²) in [7, 11) is 0. The highest BCUT2D eigenvalue weighted by Gasteiger charge is 2.29. The number of carbonyl (C=O) groups excluding carboxylic acids is 2. The van der Waals surface area contributed by atoms with Gasteiger partial charge in [-0.25, -0.2) is 9.37 Å². The van der Waals surface area contributed by atoms with E-state index in [9.17, 15) is 18.8 Å². The molecule has 0 unspecified atom stereocenters. The highest BCUT2D eigenvalue weighted by Crippen LogP contribution is 2.34. The lowest BCUT2D eigenvalue weighted by atomic mass is 9.85. The third-order valence-electron chi connectivity index (χ3n) is 7.93. The van der Waals surface area contributed by atoms with Crippen molar-refractivity contribution in [1.82, 2.24) is 24.8 Å². The first-order valence-corrected chi connectivity index (χ1v) is 14.5. The molecule has 3 heterocycles. The average molecular weight is 617 g/mol. The predicted octanol–water partition coefficient (Wildman–Crippen LogP) is 3.85. The van der Waals surface area contributed by atoms with Crippen molar-refractivity contribution in [2.24, 2.45) is 10.9 Å². The summed E-state index contributed by atoms with van der Waals surface area (Å²) in [6.45, 7) is 5.18. The van der Waals surface area contributed by atoms with Crippen LogP contribution in [0.25, 0.3) is 11.0 Å². The summed E-state index contributed by atoms with van der Waals surface area (Å²) < 4.78 is 21.6. The van der Waals surface area contributed by atoms with Crippen LogP contribution in [0.1, 0.15) is 68.8 Å². The quantitative estimate of drug-likeness (QED) is 0.349. The minimum absolute atomic E-state index is 0. The van der Waals surface area contributed by atoms with Gasteiger partial charge >= 0.3 is 5.97 Å². The van der Waals surface area contributed by atoms with Crippen LogP contribution >= 0.6 is 12.4 Å². The number of carboxylic acid groups (broad SMARTS) is 1. The molecule has 13 heteroatoms. The van der Waals surface area contributed by atoms with Gasteiger partial charge in [-0.2, -0.15) is 4.99 Å². The Hall–Kier alpha value is -3.77. The zero-order chi connectivity index (χ0) is 29.8. The van der Waals surface area contributed by atoms with Crippen LogP contribution in [0.4, 0.5) is 4.39 Å². The Morgan fingerprint density at radius 3 is 2.42 bits per heavy atom. The molecule has 3 N–H and O–H groups in total. The van der Waals surface area contributed by atoms with Crippen molar-refractivity contribution in [2.45, 2.75) is 70.6 Å². The van der Waals surface area contributed by atoms with E-state index in [0.29, 0.717) is 55.8 Å². The molecule has 2 fully saturated rings. The first kappa shape index (κ1) is 32.2.